The number of piperidine rings is 1. The van der Waals surface area contributed by atoms with E-state index < -0.39 is 0 Å². The second kappa shape index (κ2) is 7.95. The zero-order valence-corrected chi connectivity index (χ0v) is 14.3. The van der Waals surface area contributed by atoms with E-state index >= 15 is 0 Å². The number of amides is 2. The highest BCUT2D eigenvalue weighted by atomic mass is 16.2. The maximum Gasteiger partial charge on any atom is 0.226 e. The van der Waals surface area contributed by atoms with Gasteiger partial charge in [-0.25, -0.2) is 0 Å². The first-order valence-electron chi connectivity index (χ1n) is 8.84. The van der Waals surface area contributed by atoms with E-state index in [-0.39, 0.29) is 17.7 Å². The summed E-state index contributed by atoms with van der Waals surface area (Å²) in [5.74, 6) is 0.681. The van der Waals surface area contributed by atoms with Crippen LogP contribution < -0.4 is 5.32 Å². The van der Waals surface area contributed by atoms with Gasteiger partial charge < -0.3 is 15.1 Å². The second-order valence-electron chi connectivity index (χ2n) is 6.93. The van der Waals surface area contributed by atoms with Gasteiger partial charge in [0.1, 0.15) is 0 Å². The predicted octanol–water partition coefficient (Wildman–Crippen LogP) is 1.48. The van der Waals surface area contributed by atoms with Crippen LogP contribution in [0.4, 0.5) is 0 Å². The Morgan fingerprint density at radius 2 is 1.91 bits per heavy atom. The Labute approximate surface area is 134 Å². The fourth-order valence-corrected chi connectivity index (χ4v) is 3.57. The standard InChI is InChI=1S/C17H31N3O2/c1-4-9-20(15-5-8-18-12-15)17(22)14-6-10-19(11-7-14)16(21)13(2)3/h13-15,18H,4-12H2,1-3H3. The average Bonchev–Trinajstić information content (AvgIpc) is 3.05. The Bertz CT molecular complexity index is 383. The zero-order chi connectivity index (χ0) is 16.1. The molecule has 5 heteroatoms. The molecule has 0 aromatic carbocycles. The van der Waals surface area contributed by atoms with Gasteiger partial charge in [-0.1, -0.05) is 20.8 Å². The summed E-state index contributed by atoms with van der Waals surface area (Å²) < 4.78 is 0. The van der Waals surface area contributed by atoms with Gasteiger partial charge in [0.2, 0.25) is 11.8 Å². The minimum absolute atomic E-state index is 0.0494. The summed E-state index contributed by atoms with van der Waals surface area (Å²) in [4.78, 5) is 29.0. The van der Waals surface area contributed by atoms with Crippen LogP contribution in [0.25, 0.3) is 0 Å². The van der Waals surface area contributed by atoms with Crippen molar-refractivity contribution >= 4 is 11.8 Å². The molecule has 0 aromatic rings. The van der Waals surface area contributed by atoms with Crippen LogP contribution >= 0.6 is 0 Å². The fourth-order valence-electron chi connectivity index (χ4n) is 3.57. The number of likely N-dealkylation sites (tertiary alicyclic amines) is 1. The lowest BCUT2D eigenvalue weighted by molar-refractivity contribution is -0.143. The topological polar surface area (TPSA) is 52.7 Å². The summed E-state index contributed by atoms with van der Waals surface area (Å²) in [6.07, 6.45) is 3.71. The van der Waals surface area contributed by atoms with E-state index in [0.29, 0.717) is 11.9 Å². The molecule has 2 rings (SSSR count). The number of nitrogens with one attached hydrogen (secondary N) is 1. The molecule has 2 amide bonds. The molecule has 0 spiro atoms. The van der Waals surface area contributed by atoms with Crippen molar-refractivity contribution in [1.82, 2.24) is 15.1 Å². The molecule has 5 nitrogen and oxygen atoms in total. The van der Waals surface area contributed by atoms with Crippen LogP contribution in [0.2, 0.25) is 0 Å². The molecule has 0 radical (unpaired) electrons. The quantitative estimate of drug-likeness (QED) is 0.837. The van der Waals surface area contributed by atoms with Crippen molar-refractivity contribution in [2.75, 3.05) is 32.7 Å². The van der Waals surface area contributed by atoms with Crippen molar-refractivity contribution < 1.29 is 9.59 Å². The second-order valence-corrected chi connectivity index (χ2v) is 6.93. The molecule has 0 aromatic heterocycles. The summed E-state index contributed by atoms with van der Waals surface area (Å²) >= 11 is 0. The molecule has 0 saturated carbocycles. The van der Waals surface area contributed by atoms with Crippen LogP contribution in [0.5, 0.6) is 0 Å². The summed E-state index contributed by atoms with van der Waals surface area (Å²) in [6.45, 7) is 10.3. The average molecular weight is 309 g/mol. The summed E-state index contributed by atoms with van der Waals surface area (Å²) in [5.41, 5.74) is 0. The molecule has 1 unspecified atom stereocenters. The minimum Gasteiger partial charge on any atom is -0.342 e. The lowest BCUT2D eigenvalue weighted by Gasteiger charge is -2.37. The van der Waals surface area contributed by atoms with Crippen LogP contribution in [0, 0.1) is 11.8 Å². The number of hydrogen-bond donors (Lipinski definition) is 1. The molecule has 0 aliphatic carbocycles. The van der Waals surface area contributed by atoms with E-state index in [2.05, 4.69) is 17.1 Å². The largest absolute Gasteiger partial charge is 0.342 e. The van der Waals surface area contributed by atoms with Crippen molar-refractivity contribution in [1.29, 1.82) is 0 Å². The molecule has 2 aliphatic rings. The lowest BCUT2D eigenvalue weighted by Crippen LogP contribution is -2.49. The molecule has 2 aliphatic heterocycles. The van der Waals surface area contributed by atoms with Gasteiger partial charge in [-0.05, 0) is 32.2 Å². The molecule has 1 N–H and O–H groups in total. The smallest absolute Gasteiger partial charge is 0.226 e. The third-order valence-electron chi connectivity index (χ3n) is 4.87. The maximum atomic E-state index is 12.9. The first kappa shape index (κ1) is 17.3. The van der Waals surface area contributed by atoms with E-state index in [1.165, 1.54) is 0 Å². The molecule has 0 bridgehead atoms. The van der Waals surface area contributed by atoms with Gasteiger partial charge in [0.05, 0.1) is 0 Å². The molecule has 22 heavy (non-hydrogen) atoms. The van der Waals surface area contributed by atoms with Crippen molar-refractivity contribution in [3.05, 3.63) is 0 Å². The van der Waals surface area contributed by atoms with Crippen molar-refractivity contribution in [3.8, 4) is 0 Å². The number of nitrogens with zero attached hydrogens (tertiary/aromatic N) is 2. The van der Waals surface area contributed by atoms with Crippen molar-refractivity contribution in [2.24, 2.45) is 11.8 Å². The Balaban J connectivity index is 1.91. The highest BCUT2D eigenvalue weighted by Crippen LogP contribution is 2.23. The highest BCUT2D eigenvalue weighted by Gasteiger charge is 2.33. The first-order chi connectivity index (χ1) is 10.5. The summed E-state index contributed by atoms with van der Waals surface area (Å²) in [7, 11) is 0. The molecule has 126 valence electrons. The van der Waals surface area contributed by atoms with Crippen LogP contribution in [0.1, 0.15) is 46.5 Å². The van der Waals surface area contributed by atoms with Crippen molar-refractivity contribution in [2.45, 2.75) is 52.5 Å². The van der Waals surface area contributed by atoms with Gasteiger partial charge in [0, 0.05) is 44.1 Å². The highest BCUT2D eigenvalue weighted by molar-refractivity contribution is 5.81. The maximum absolute atomic E-state index is 12.9. The van der Waals surface area contributed by atoms with Crippen LogP contribution in [0.3, 0.4) is 0 Å². The molecule has 1 atom stereocenters. The molecule has 2 fully saturated rings. The Morgan fingerprint density at radius 1 is 1.23 bits per heavy atom. The zero-order valence-electron chi connectivity index (χ0n) is 14.3. The third-order valence-corrected chi connectivity index (χ3v) is 4.87. The van der Waals surface area contributed by atoms with Gasteiger partial charge in [-0.3, -0.25) is 9.59 Å². The Morgan fingerprint density at radius 3 is 2.41 bits per heavy atom. The van der Waals surface area contributed by atoms with E-state index in [0.717, 1.165) is 58.4 Å². The molecular formula is C17H31N3O2. The van der Waals surface area contributed by atoms with E-state index in [9.17, 15) is 9.59 Å². The van der Waals surface area contributed by atoms with Crippen molar-refractivity contribution in [3.63, 3.8) is 0 Å². The van der Waals surface area contributed by atoms with Gasteiger partial charge in [-0.15, -0.1) is 0 Å². The normalized spacial score (nSPS) is 23.1. The number of carbonyl (C=O) groups is 2. The van der Waals surface area contributed by atoms with Crippen LogP contribution in [0.15, 0.2) is 0 Å². The number of rotatable bonds is 5. The number of hydrogen-bond acceptors (Lipinski definition) is 3. The van der Waals surface area contributed by atoms with E-state index in [1.807, 2.05) is 18.7 Å². The van der Waals surface area contributed by atoms with Gasteiger partial charge in [-0.2, -0.15) is 0 Å². The molecular weight excluding hydrogens is 278 g/mol. The summed E-state index contributed by atoms with van der Waals surface area (Å²) in [6, 6.07) is 0.364. The predicted molar refractivity (Wildman–Crippen MR) is 87.4 cm³/mol. The fraction of sp³-hybridized carbons (Fsp3) is 0.882. The SMILES string of the molecule is CCCN(C(=O)C1CCN(C(=O)C(C)C)CC1)C1CCNC1. The monoisotopic (exact) mass is 309 g/mol. The molecule has 2 saturated heterocycles. The number of carbonyl (C=O) groups excluding carboxylic acids is 2. The molecule has 2 heterocycles. The minimum atomic E-state index is 0.0494. The first-order valence-corrected chi connectivity index (χ1v) is 8.84. The van der Waals surface area contributed by atoms with Crippen LogP contribution in [-0.2, 0) is 9.59 Å². The van der Waals surface area contributed by atoms with Gasteiger partial charge in [0.25, 0.3) is 0 Å². The summed E-state index contributed by atoms with van der Waals surface area (Å²) in [5, 5.41) is 3.36. The van der Waals surface area contributed by atoms with E-state index in [4.69, 9.17) is 0 Å². The third kappa shape index (κ3) is 4.00. The van der Waals surface area contributed by atoms with Gasteiger partial charge in [0.15, 0.2) is 0 Å². The van der Waals surface area contributed by atoms with Crippen LogP contribution in [-0.4, -0.2) is 60.4 Å². The van der Waals surface area contributed by atoms with E-state index in [1.54, 1.807) is 0 Å². The van der Waals surface area contributed by atoms with Gasteiger partial charge >= 0.3 is 0 Å². The lowest BCUT2D eigenvalue weighted by atomic mass is 9.93. The Hall–Kier alpha value is -1.10. The Kier molecular flexibility index (Phi) is 6.24.